The second-order valence-electron chi connectivity index (χ2n) is 11.2. The van der Waals surface area contributed by atoms with Gasteiger partial charge in [-0.25, -0.2) is 33.4 Å². The van der Waals surface area contributed by atoms with Crippen molar-refractivity contribution >= 4 is 10.9 Å². The summed E-state index contributed by atoms with van der Waals surface area (Å²) in [5, 5.41) is 48.7. The summed E-state index contributed by atoms with van der Waals surface area (Å²) in [5.41, 5.74) is 0.786. The molecule has 0 amide bonds. The number of hydrogen-bond donors (Lipinski definition) is 4. The van der Waals surface area contributed by atoms with Gasteiger partial charge in [0.15, 0.2) is 17.5 Å². The van der Waals surface area contributed by atoms with Gasteiger partial charge in [-0.05, 0) is 24.3 Å². The molecular weight excluding hydrogens is 655 g/mol. The Balaban J connectivity index is 1.21. The number of thiol groups is 1. The highest BCUT2D eigenvalue weighted by Crippen LogP contribution is 2.51. The summed E-state index contributed by atoms with van der Waals surface area (Å²) in [5.74, 6) is -4.14. The van der Waals surface area contributed by atoms with Gasteiger partial charge in [-0.1, -0.05) is 22.6 Å². The summed E-state index contributed by atoms with van der Waals surface area (Å²) in [6.07, 6.45) is -0.0459. The molecule has 0 spiro atoms. The van der Waals surface area contributed by atoms with Crippen LogP contribution in [0.15, 0.2) is 48.8 Å². The van der Waals surface area contributed by atoms with E-state index in [1.165, 1.54) is 40.9 Å². The number of aromatic nitrogens is 6. The Kier molecular flexibility index (Phi) is 9.77. The molecule has 1 unspecified atom stereocenters. The summed E-state index contributed by atoms with van der Waals surface area (Å²) in [6, 6.07) is 5.97. The smallest absolute Gasteiger partial charge is 0.387 e. The summed E-state index contributed by atoms with van der Waals surface area (Å²) in [4.78, 5) is 0. The van der Waals surface area contributed by atoms with E-state index in [1.807, 2.05) is 0 Å². The molecule has 2 aromatic carbocycles. The molecule has 0 aliphatic carbocycles. The molecule has 4 heterocycles. The zero-order valence-corrected chi connectivity index (χ0v) is 25.5. The lowest BCUT2D eigenvalue weighted by Gasteiger charge is -2.51. The minimum absolute atomic E-state index is 0.0256. The van der Waals surface area contributed by atoms with Gasteiger partial charge in [0.05, 0.1) is 50.5 Å². The first-order valence-corrected chi connectivity index (χ1v) is 16.1. The van der Waals surface area contributed by atoms with Crippen LogP contribution in [0.2, 0.25) is 0 Å². The lowest BCUT2D eigenvalue weighted by molar-refractivity contribution is -0.0498. The third-order valence-electron chi connectivity index (χ3n) is 8.52. The standard InChI is InChI=1S/C29H31F5N6O6S/c1-44-22-13-47(23(10-41)28(43)26(22)40-9-20(36-38-40)15-6-17(30)25(32)18(31)7-15)24-12-45-11-21(27(24)42)39-8-19(35-37-39)14-3-2-4-16(5-14)46-29(33)34/h2-9,21-24,26-29,41-43,47H,10-13H2,1H3/t21-,22-,23+,24+,26+,27+,28-/m0/s1. The number of rotatable bonds is 9. The van der Waals surface area contributed by atoms with Crippen LogP contribution in [-0.2, 0) is 9.47 Å². The van der Waals surface area contributed by atoms with Crippen LogP contribution in [0, 0.1) is 17.5 Å². The fourth-order valence-electron chi connectivity index (χ4n) is 6.18. The van der Waals surface area contributed by atoms with E-state index in [1.54, 1.807) is 12.3 Å². The Bertz CT molecular complexity index is 1680. The molecule has 2 aromatic heterocycles. The van der Waals surface area contributed by atoms with Crippen LogP contribution in [0.3, 0.4) is 0 Å². The Morgan fingerprint density at radius 3 is 2.32 bits per heavy atom. The van der Waals surface area contributed by atoms with Crippen molar-refractivity contribution in [3.05, 3.63) is 66.2 Å². The van der Waals surface area contributed by atoms with Crippen LogP contribution < -0.4 is 4.74 Å². The van der Waals surface area contributed by atoms with E-state index in [0.29, 0.717) is 17.0 Å². The maximum Gasteiger partial charge on any atom is 0.387 e. The number of hydrogen-bond acceptors (Lipinski definition) is 10. The van der Waals surface area contributed by atoms with Crippen molar-refractivity contribution in [2.45, 2.75) is 47.5 Å². The molecule has 4 aromatic rings. The molecule has 3 N–H and O–H groups in total. The lowest BCUT2D eigenvalue weighted by atomic mass is 10.0. The maximum absolute atomic E-state index is 13.9. The Labute approximate surface area is 267 Å². The van der Waals surface area contributed by atoms with Crippen molar-refractivity contribution in [1.29, 1.82) is 0 Å². The van der Waals surface area contributed by atoms with Crippen LogP contribution in [0.5, 0.6) is 5.75 Å². The first kappa shape index (κ1) is 33.2. The molecule has 47 heavy (non-hydrogen) atoms. The van der Waals surface area contributed by atoms with Crippen LogP contribution in [-0.4, -0.2) is 113 Å². The molecule has 18 heteroatoms. The zero-order valence-electron chi connectivity index (χ0n) is 24.7. The maximum atomic E-state index is 13.9. The highest BCUT2D eigenvalue weighted by Gasteiger charge is 2.49. The van der Waals surface area contributed by atoms with E-state index >= 15 is 0 Å². The van der Waals surface area contributed by atoms with Crippen molar-refractivity contribution in [3.8, 4) is 28.3 Å². The molecule has 0 radical (unpaired) electrons. The molecule has 6 rings (SSSR count). The third-order valence-corrected chi connectivity index (χ3v) is 11.9. The molecule has 2 fully saturated rings. The van der Waals surface area contributed by atoms with Crippen molar-refractivity contribution in [1.82, 2.24) is 30.0 Å². The fourth-order valence-corrected chi connectivity index (χ4v) is 9.66. The van der Waals surface area contributed by atoms with Crippen LogP contribution in [0.4, 0.5) is 22.0 Å². The first-order valence-electron chi connectivity index (χ1n) is 14.5. The molecule has 2 aliphatic heterocycles. The number of ether oxygens (including phenoxy) is 3. The number of nitrogens with zero attached hydrogens (tertiary/aromatic N) is 6. The Morgan fingerprint density at radius 1 is 0.957 bits per heavy atom. The minimum atomic E-state index is -2.99. The van der Waals surface area contributed by atoms with Gasteiger partial charge in [0.25, 0.3) is 0 Å². The van der Waals surface area contributed by atoms with Crippen molar-refractivity contribution in [3.63, 3.8) is 0 Å². The molecule has 12 nitrogen and oxygen atoms in total. The number of alkyl halides is 2. The van der Waals surface area contributed by atoms with E-state index in [9.17, 15) is 37.3 Å². The molecule has 2 saturated heterocycles. The van der Waals surface area contributed by atoms with E-state index in [-0.39, 0.29) is 30.2 Å². The van der Waals surface area contributed by atoms with E-state index < -0.39 is 82.5 Å². The molecule has 0 saturated carbocycles. The average Bonchev–Trinajstić information content (AvgIpc) is 3.74. The first-order chi connectivity index (χ1) is 22.6. The summed E-state index contributed by atoms with van der Waals surface area (Å²) >= 11 is 0. The zero-order chi connectivity index (χ0) is 33.4. The lowest BCUT2D eigenvalue weighted by Crippen LogP contribution is -2.55. The van der Waals surface area contributed by atoms with Crippen molar-refractivity contribution in [2.24, 2.45) is 0 Å². The third kappa shape index (κ3) is 6.57. The van der Waals surface area contributed by atoms with Gasteiger partial charge in [0.2, 0.25) is 0 Å². The SMILES string of the molecule is CO[C@H]1C[SH]([C@@H]2COC[C@H](n3cc(-c4cccc(OC(F)F)c4)nn3)[C@H]2O)[C@H](CO)[C@H](O)[C@@H]1n1cc(-c2cc(F)c(F)c(F)c2)nn1. The van der Waals surface area contributed by atoms with Gasteiger partial charge in [-0.15, -0.1) is 10.2 Å². The number of methoxy groups -OCH3 is 1. The Morgan fingerprint density at radius 2 is 1.64 bits per heavy atom. The monoisotopic (exact) mass is 686 g/mol. The second-order valence-corrected chi connectivity index (χ2v) is 13.9. The topological polar surface area (TPSA) is 150 Å². The van der Waals surface area contributed by atoms with E-state index in [2.05, 4.69) is 25.4 Å². The Hall–Kier alpha value is -3.68. The van der Waals surface area contributed by atoms with Gasteiger partial charge >= 0.3 is 6.61 Å². The fraction of sp³-hybridized carbons (Fsp3) is 0.448. The minimum Gasteiger partial charge on any atom is -0.435 e. The van der Waals surface area contributed by atoms with Crippen LogP contribution in [0.25, 0.3) is 22.5 Å². The van der Waals surface area contributed by atoms with E-state index in [4.69, 9.17) is 9.47 Å². The van der Waals surface area contributed by atoms with Gasteiger partial charge in [0, 0.05) is 34.5 Å². The summed E-state index contributed by atoms with van der Waals surface area (Å²) < 4.78 is 85.4. The second kappa shape index (κ2) is 13.8. The number of halogens is 5. The average molecular weight is 687 g/mol. The highest BCUT2D eigenvalue weighted by atomic mass is 32.2. The van der Waals surface area contributed by atoms with Crippen LogP contribution >= 0.6 is 10.9 Å². The predicted octanol–water partition coefficient (Wildman–Crippen LogP) is 2.52. The number of aliphatic hydroxyl groups is 3. The molecular formula is C29H31F5N6O6S. The van der Waals surface area contributed by atoms with Crippen LogP contribution in [0.1, 0.15) is 12.1 Å². The van der Waals surface area contributed by atoms with E-state index in [0.717, 1.165) is 12.1 Å². The normalized spacial score (nSPS) is 28.9. The van der Waals surface area contributed by atoms with Crippen molar-refractivity contribution in [2.75, 3.05) is 32.7 Å². The van der Waals surface area contributed by atoms with Gasteiger partial charge < -0.3 is 29.5 Å². The molecule has 254 valence electrons. The predicted molar refractivity (Wildman–Crippen MR) is 158 cm³/mol. The van der Waals surface area contributed by atoms with Gasteiger partial charge in [-0.2, -0.15) is 8.78 Å². The molecule has 2 aliphatic rings. The largest absolute Gasteiger partial charge is 0.435 e. The highest BCUT2D eigenvalue weighted by molar-refractivity contribution is 8.18. The van der Waals surface area contributed by atoms with Crippen molar-refractivity contribution < 1.29 is 51.5 Å². The quantitative estimate of drug-likeness (QED) is 0.118. The van der Waals surface area contributed by atoms with Gasteiger partial charge in [0.1, 0.15) is 29.2 Å². The molecule has 8 atom stereocenters. The number of benzene rings is 2. The summed E-state index contributed by atoms with van der Waals surface area (Å²) in [6.45, 7) is -3.20. The van der Waals surface area contributed by atoms with Gasteiger partial charge in [-0.3, -0.25) is 0 Å². The molecule has 0 bridgehead atoms. The number of aliphatic hydroxyl groups excluding tert-OH is 3. The summed E-state index contributed by atoms with van der Waals surface area (Å²) in [7, 11) is 0.0771.